The van der Waals surface area contributed by atoms with Gasteiger partial charge >= 0.3 is 0 Å². The summed E-state index contributed by atoms with van der Waals surface area (Å²) in [5, 5.41) is 13.8. The number of aromatic nitrogens is 3. The van der Waals surface area contributed by atoms with Gasteiger partial charge in [0.25, 0.3) is 0 Å². The zero-order valence-electron chi connectivity index (χ0n) is 13.8. The van der Waals surface area contributed by atoms with Gasteiger partial charge in [0, 0.05) is 24.2 Å². The van der Waals surface area contributed by atoms with Crippen molar-refractivity contribution in [3.63, 3.8) is 0 Å². The Kier molecular flexibility index (Phi) is 4.50. The normalized spacial score (nSPS) is 16.7. The Bertz CT molecular complexity index is 699. The molecule has 7 heteroatoms. The summed E-state index contributed by atoms with van der Waals surface area (Å²) in [5.74, 6) is 0.674. The summed E-state index contributed by atoms with van der Waals surface area (Å²) in [7, 11) is 1.83. The Labute approximate surface area is 140 Å². The van der Waals surface area contributed by atoms with E-state index in [-0.39, 0.29) is 18.0 Å². The number of carbonyl (C=O) groups is 1. The van der Waals surface area contributed by atoms with Crippen LogP contribution in [0, 0.1) is 13.8 Å². The number of rotatable bonds is 5. The summed E-state index contributed by atoms with van der Waals surface area (Å²) in [5.41, 5.74) is 1.80. The summed E-state index contributed by atoms with van der Waals surface area (Å²) < 4.78 is 1.68. The van der Waals surface area contributed by atoms with Crippen molar-refractivity contribution in [2.75, 3.05) is 11.9 Å². The minimum atomic E-state index is -0.140. The van der Waals surface area contributed by atoms with Gasteiger partial charge < -0.3 is 5.32 Å². The smallest absolute Gasteiger partial charge is 0.239 e. The van der Waals surface area contributed by atoms with E-state index < -0.39 is 0 Å². The van der Waals surface area contributed by atoms with Crippen molar-refractivity contribution in [1.29, 1.82) is 0 Å². The first-order valence-corrected chi connectivity index (χ1v) is 8.85. The van der Waals surface area contributed by atoms with Crippen LogP contribution in [0.5, 0.6) is 0 Å². The first kappa shape index (κ1) is 16.1. The SMILES string of the molecule is Cc1csc(C2(NCC(=O)Nc3cc(C)nn3C)CCCC2)n1. The van der Waals surface area contributed by atoms with Crippen molar-refractivity contribution in [3.05, 3.63) is 27.8 Å². The number of anilines is 1. The molecule has 0 saturated heterocycles. The maximum absolute atomic E-state index is 12.3. The summed E-state index contributed by atoms with van der Waals surface area (Å²) in [6, 6.07) is 1.87. The predicted molar refractivity (Wildman–Crippen MR) is 91.6 cm³/mol. The molecule has 0 unspecified atom stereocenters. The molecule has 1 amide bonds. The van der Waals surface area contributed by atoms with E-state index in [0.717, 1.165) is 35.1 Å². The standard InChI is InChI=1S/C16H23N5OS/c1-11-8-13(21(3)20-11)19-14(22)9-17-16(6-4-5-7-16)15-18-12(2)10-23-15/h8,10,17H,4-7,9H2,1-3H3,(H,19,22). The molecule has 0 bridgehead atoms. The van der Waals surface area contributed by atoms with Crippen molar-refractivity contribution in [2.24, 2.45) is 7.05 Å². The molecular weight excluding hydrogens is 310 g/mol. The lowest BCUT2D eigenvalue weighted by atomic mass is 9.98. The average Bonchev–Trinajstić information content (AvgIpc) is 3.19. The molecule has 0 atom stereocenters. The molecule has 124 valence electrons. The Morgan fingerprint density at radius 2 is 2.09 bits per heavy atom. The van der Waals surface area contributed by atoms with E-state index in [1.807, 2.05) is 27.0 Å². The van der Waals surface area contributed by atoms with Gasteiger partial charge in [-0.2, -0.15) is 5.10 Å². The largest absolute Gasteiger partial charge is 0.310 e. The molecule has 2 heterocycles. The van der Waals surface area contributed by atoms with Crippen molar-refractivity contribution >= 4 is 23.1 Å². The highest BCUT2D eigenvalue weighted by molar-refractivity contribution is 7.09. The fourth-order valence-electron chi connectivity index (χ4n) is 3.18. The van der Waals surface area contributed by atoms with Crippen LogP contribution in [0.2, 0.25) is 0 Å². The second-order valence-corrected chi connectivity index (χ2v) is 7.14. The van der Waals surface area contributed by atoms with E-state index in [2.05, 4.69) is 26.1 Å². The molecule has 0 radical (unpaired) electrons. The minimum absolute atomic E-state index is 0.0486. The molecule has 1 saturated carbocycles. The molecule has 0 aromatic carbocycles. The molecule has 1 aliphatic carbocycles. The zero-order chi connectivity index (χ0) is 16.4. The Hall–Kier alpha value is -1.73. The van der Waals surface area contributed by atoms with Gasteiger partial charge in [0.15, 0.2) is 0 Å². The molecule has 23 heavy (non-hydrogen) atoms. The highest BCUT2D eigenvalue weighted by atomic mass is 32.1. The van der Waals surface area contributed by atoms with E-state index in [9.17, 15) is 4.79 Å². The topological polar surface area (TPSA) is 71.8 Å². The van der Waals surface area contributed by atoms with E-state index in [0.29, 0.717) is 0 Å². The average molecular weight is 333 g/mol. The molecule has 0 spiro atoms. The highest BCUT2D eigenvalue weighted by Crippen LogP contribution is 2.39. The Morgan fingerprint density at radius 1 is 1.35 bits per heavy atom. The second-order valence-electron chi connectivity index (χ2n) is 6.28. The van der Waals surface area contributed by atoms with Crippen molar-refractivity contribution in [3.8, 4) is 0 Å². The monoisotopic (exact) mass is 333 g/mol. The minimum Gasteiger partial charge on any atom is -0.310 e. The lowest BCUT2D eigenvalue weighted by molar-refractivity contribution is -0.115. The number of hydrogen-bond acceptors (Lipinski definition) is 5. The molecular formula is C16H23N5OS. The van der Waals surface area contributed by atoms with Crippen LogP contribution in [0.4, 0.5) is 5.82 Å². The Balaban J connectivity index is 1.65. The van der Waals surface area contributed by atoms with Crippen molar-refractivity contribution in [2.45, 2.75) is 45.1 Å². The number of amides is 1. The number of hydrogen-bond donors (Lipinski definition) is 2. The van der Waals surface area contributed by atoms with Gasteiger partial charge in [0.05, 0.1) is 17.8 Å². The van der Waals surface area contributed by atoms with Crippen LogP contribution in [-0.4, -0.2) is 27.2 Å². The fraction of sp³-hybridized carbons (Fsp3) is 0.562. The fourth-order valence-corrected chi connectivity index (χ4v) is 4.22. The van der Waals surface area contributed by atoms with Gasteiger partial charge in [0.2, 0.25) is 5.91 Å². The zero-order valence-corrected chi connectivity index (χ0v) is 14.7. The molecule has 1 aliphatic rings. The van der Waals surface area contributed by atoms with Gasteiger partial charge in [-0.25, -0.2) is 4.98 Å². The third-order valence-corrected chi connectivity index (χ3v) is 5.51. The van der Waals surface area contributed by atoms with Gasteiger partial charge in [-0.3, -0.25) is 14.8 Å². The van der Waals surface area contributed by atoms with Gasteiger partial charge in [-0.15, -0.1) is 11.3 Å². The molecule has 3 rings (SSSR count). The van der Waals surface area contributed by atoms with Crippen LogP contribution in [0.25, 0.3) is 0 Å². The van der Waals surface area contributed by atoms with Gasteiger partial charge in [-0.1, -0.05) is 12.8 Å². The molecule has 0 aliphatic heterocycles. The first-order valence-electron chi connectivity index (χ1n) is 7.97. The quantitative estimate of drug-likeness (QED) is 0.882. The molecule has 1 fully saturated rings. The van der Waals surface area contributed by atoms with E-state index in [1.54, 1.807) is 16.0 Å². The van der Waals surface area contributed by atoms with Crippen LogP contribution in [0.1, 0.15) is 42.1 Å². The number of carbonyl (C=O) groups excluding carboxylic acids is 1. The van der Waals surface area contributed by atoms with Crippen LogP contribution in [-0.2, 0) is 17.4 Å². The lowest BCUT2D eigenvalue weighted by Gasteiger charge is -2.28. The van der Waals surface area contributed by atoms with Crippen molar-refractivity contribution < 1.29 is 4.79 Å². The van der Waals surface area contributed by atoms with Crippen molar-refractivity contribution in [1.82, 2.24) is 20.1 Å². The maximum atomic E-state index is 12.3. The van der Waals surface area contributed by atoms with E-state index >= 15 is 0 Å². The van der Waals surface area contributed by atoms with Gasteiger partial charge in [0.1, 0.15) is 10.8 Å². The number of nitrogens with zero attached hydrogens (tertiary/aromatic N) is 3. The van der Waals surface area contributed by atoms with E-state index in [1.165, 1.54) is 12.8 Å². The molecule has 2 N–H and O–H groups in total. The molecule has 2 aromatic heterocycles. The van der Waals surface area contributed by atoms with Gasteiger partial charge in [-0.05, 0) is 26.7 Å². The lowest BCUT2D eigenvalue weighted by Crippen LogP contribution is -2.44. The summed E-state index contributed by atoms with van der Waals surface area (Å²) >= 11 is 1.69. The molecule has 6 nitrogen and oxygen atoms in total. The third kappa shape index (κ3) is 3.45. The second kappa shape index (κ2) is 6.41. The van der Waals surface area contributed by atoms with Crippen LogP contribution in [0.3, 0.4) is 0 Å². The number of nitrogens with one attached hydrogen (secondary N) is 2. The predicted octanol–water partition coefficient (Wildman–Crippen LogP) is 2.49. The number of thiazole rings is 1. The first-order chi connectivity index (χ1) is 11.0. The summed E-state index contributed by atoms with van der Waals surface area (Å²) in [6.45, 7) is 4.20. The Morgan fingerprint density at radius 3 is 2.65 bits per heavy atom. The summed E-state index contributed by atoms with van der Waals surface area (Å²) in [6.07, 6.45) is 4.43. The third-order valence-electron chi connectivity index (χ3n) is 4.34. The van der Waals surface area contributed by atoms with Crippen LogP contribution >= 0.6 is 11.3 Å². The summed E-state index contributed by atoms with van der Waals surface area (Å²) in [4.78, 5) is 16.9. The maximum Gasteiger partial charge on any atom is 0.239 e. The molecule has 2 aromatic rings. The highest BCUT2D eigenvalue weighted by Gasteiger charge is 2.38. The number of aryl methyl sites for hydroxylation is 3. The van der Waals surface area contributed by atoms with Crippen LogP contribution in [0.15, 0.2) is 11.4 Å². The van der Waals surface area contributed by atoms with E-state index in [4.69, 9.17) is 0 Å². The van der Waals surface area contributed by atoms with Crippen LogP contribution < -0.4 is 10.6 Å².